The molecular formula is C22H22FNO3S2. The molecular weight excluding hydrogens is 409 g/mol. The highest BCUT2D eigenvalue weighted by Crippen LogP contribution is 2.35. The average molecular weight is 432 g/mol. The molecule has 0 aliphatic carbocycles. The van der Waals surface area contributed by atoms with Crippen LogP contribution in [0.25, 0.3) is 6.08 Å². The minimum atomic E-state index is -0.283. The minimum Gasteiger partial charge on any atom is -0.493 e. The molecule has 1 aliphatic heterocycles. The van der Waals surface area contributed by atoms with Crippen molar-refractivity contribution < 1.29 is 18.7 Å². The zero-order valence-corrected chi connectivity index (χ0v) is 18.1. The monoisotopic (exact) mass is 431 g/mol. The third-order valence-electron chi connectivity index (χ3n) is 4.21. The summed E-state index contributed by atoms with van der Waals surface area (Å²) in [6, 6.07) is 11.6. The second-order valence-corrected chi connectivity index (χ2v) is 8.69. The first-order chi connectivity index (χ1) is 13.9. The lowest BCUT2D eigenvalue weighted by molar-refractivity contribution is -0.122. The van der Waals surface area contributed by atoms with Crippen molar-refractivity contribution >= 4 is 40.3 Å². The fourth-order valence-electron chi connectivity index (χ4n) is 2.81. The van der Waals surface area contributed by atoms with Gasteiger partial charge in [0.1, 0.15) is 16.7 Å². The van der Waals surface area contributed by atoms with Crippen LogP contribution in [0.2, 0.25) is 0 Å². The second kappa shape index (κ2) is 9.41. The fraction of sp³-hybridized carbons (Fsp3) is 0.273. The van der Waals surface area contributed by atoms with E-state index in [0.29, 0.717) is 39.8 Å². The van der Waals surface area contributed by atoms with Crippen molar-refractivity contribution in [1.29, 1.82) is 0 Å². The molecule has 152 valence electrons. The lowest BCUT2D eigenvalue weighted by atomic mass is 10.1. The largest absolute Gasteiger partial charge is 0.493 e. The third kappa shape index (κ3) is 5.36. The summed E-state index contributed by atoms with van der Waals surface area (Å²) in [5, 5.41) is 0. The van der Waals surface area contributed by atoms with Gasteiger partial charge >= 0.3 is 0 Å². The molecule has 0 N–H and O–H groups in total. The van der Waals surface area contributed by atoms with Gasteiger partial charge in [0.05, 0.1) is 12.0 Å². The molecule has 2 aromatic carbocycles. The summed E-state index contributed by atoms with van der Waals surface area (Å²) in [5.74, 6) is 1.12. The first-order valence-electron chi connectivity index (χ1n) is 9.18. The van der Waals surface area contributed by atoms with E-state index in [9.17, 15) is 9.18 Å². The van der Waals surface area contributed by atoms with Gasteiger partial charge < -0.3 is 9.47 Å². The highest BCUT2D eigenvalue weighted by molar-refractivity contribution is 8.26. The van der Waals surface area contributed by atoms with Gasteiger partial charge in [-0.05, 0) is 47.4 Å². The standard InChI is InChI=1S/C22H22FNO3S2/c1-14(2)12-24-21(25)20(29-22(24)28)11-16-6-9-18(19(10-16)26-3)27-13-15-4-7-17(23)8-5-15/h4-11,14H,12-13H2,1-3H3/b20-11-. The molecule has 1 fully saturated rings. The Hall–Kier alpha value is -2.38. The predicted octanol–water partition coefficient (Wildman–Crippen LogP) is 5.27. The average Bonchev–Trinajstić information content (AvgIpc) is 2.95. The van der Waals surface area contributed by atoms with Crippen LogP contribution in [0.1, 0.15) is 25.0 Å². The van der Waals surface area contributed by atoms with Gasteiger partial charge in [-0.3, -0.25) is 9.69 Å². The Bertz CT molecular complexity index is 942. The van der Waals surface area contributed by atoms with Gasteiger partial charge in [0, 0.05) is 6.54 Å². The molecule has 0 bridgehead atoms. The Kier molecular flexibility index (Phi) is 6.92. The molecule has 1 saturated heterocycles. The Labute approximate surface area is 179 Å². The number of benzene rings is 2. The molecule has 1 amide bonds. The van der Waals surface area contributed by atoms with E-state index in [0.717, 1.165) is 11.1 Å². The van der Waals surface area contributed by atoms with Crippen LogP contribution >= 0.6 is 24.0 Å². The van der Waals surface area contributed by atoms with Crippen LogP contribution in [0.3, 0.4) is 0 Å². The molecule has 0 spiro atoms. The Morgan fingerprint density at radius 1 is 1.17 bits per heavy atom. The van der Waals surface area contributed by atoms with Gasteiger partial charge in [0.25, 0.3) is 5.91 Å². The molecule has 29 heavy (non-hydrogen) atoms. The van der Waals surface area contributed by atoms with Crippen molar-refractivity contribution in [1.82, 2.24) is 4.90 Å². The van der Waals surface area contributed by atoms with Gasteiger partial charge in [0.15, 0.2) is 11.5 Å². The summed E-state index contributed by atoms with van der Waals surface area (Å²) in [4.78, 5) is 14.9. The third-order valence-corrected chi connectivity index (χ3v) is 5.59. The van der Waals surface area contributed by atoms with Crippen molar-refractivity contribution in [3.8, 4) is 11.5 Å². The van der Waals surface area contributed by atoms with Crippen LogP contribution in [0.4, 0.5) is 4.39 Å². The van der Waals surface area contributed by atoms with Crippen LogP contribution < -0.4 is 9.47 Å². The number of methoxy groups -OCH3 is 1. The number of hydrogen-bond donors (Lipinski definition) is 0. The quantitative estimate of drug-likeness (QED) is 0.441. The summed E-state index contributed by atoms with van der Waals surface area (Å²) in [6.07, 6.45) is 1.81. The maximum Gasteiger partial charge on any atom is 0.266 e. The number of hydrogen-bond acceptors (Lipinski definition) is 5. The molecule has 0 atom stereocenters. The smallest absolute Gasteiger partial charge is 0.266 e. The second-order valence-electron chi connectivity index (χ2n) is 7.01. The lowest BCUT2D eigenvalue weighted by Crippen LogP contribution is -2.31. The summed E-state index contributed by atoms with van der Waals surface area (Å²) in [6.45, 7) is 5.01. The molecule has 0 saturated carbocycles. The number of amides is 1. The van der Waals surface area contributed by atoms with E-state index < -0.39 is 0 Å². The molecule has 3 rings (SSSR count). The fourth-order valence-corrected chi connectivity index (χ4v) is 4.08. The van der Waals surface area contributed by atoms with E-state index in [1.807, 2.05) is 18.2 Å². The maximum absolute atomic E-state index is 13.0. The van der Waals surface area contributed by atoms with Crippen molar-refractivity contribution in [2.45, 2.75) is 20.5 Å². The Morgan fingerprint density at radius 3 is 2.55 bits per heavy atom. The molecule has 0 radical (unpaired) electrons. The molecule has 1 aliphatic rings. The van der Waals surface area contributed by atoms with E-state index in [1.54, 1.807) is 30.2 Å². The zero-order chi connectivity index (χ0) is 21.0. The SMILES string of the molecule is COc1cc(/C=C2\SC(=S)N(CC(C)C)C2=O)ccc1OCc1ccc(F)cc1. The predicted molar refractivity (Wildman–Crippen MR) is 118 cm³/mol. The maximum atomic E-state index is 13.0. The molecule has 1 heterocycles. The normalized spacial score (nSPS) is 15.5. The van der Waals surface area contributed by atoms with Crippen molar-refractivity contribution in [2.24, 2.45) is 5.92 Å². The molecule has 0 aromatic heterocycles. The lowest BCUT2D eigenvalue weighted by Gasteiger charge is -2.16. The molecule has 4 nitrogen and oxygen atoms in total. The summed E-state index contributed by atoms with van der Waals surface area (Å²) in [7, 11) is 1.56. The Balaban J connectivity index is 1.74. The van der Waals surface area contributed by atoms with Crippen molar-refractivity contribution in [2.75, 3.05) is 13.7 Å². The van der Waals surface area contributed by atoms with Crippen LogP contribution in [0, 0.1) is 11.7 Å². The molecule has 7 heteroatoms. The topological polar surface area (TPSA) is 38.8 Å². The summed E-state index contributed by atoms with van der Waals surface area (Å²) in [5.41, 5.74) is 1.67. The number of nitrogens with zero attached hydrogens (tertiary/aromatic N) is 1. The zero-order valence-electron chi connectivity index (χ0n) is 16.5. The number of carbonyl (C=O) groups excluding carboxylic acids is 1. The van der Waals surface area contributed by atoms with Gasteiger partial charge in [-0.2, -0.15) is 0 Å². The first-order valence-corrected chi connectivity index (χ1v) is 10.4. The number of carbonyl (C=O) groups is 1. The highest BCUT2D eigenvalue weighted by Gasteiger charge is 2.32. The van der Waals surface area contributed by atoms with Gasteiger partial charge in [-0.25, -0.2) is 4.39 Å². The van der Waals surface area contributed by atoms with Crippen LogP contribution in [0.5, 0.6) is 11.5 Å². The summed E-state index contributed by atoms with van der Waals surface area (Å²) < 4.78 is 24.8. The number of thioether (sulfide) groups is 1. The van der Waals surface area contributed by atoms with E-state index in [4.69, 9.17) is 21.7 Å². The number of rotatable bonds is 7. The molecule has 2 aromatic rings. The molecule has 0 unspecified atom stereocenters. The number of ether oxygens (including phenoxy) is 2. The van der Waals surface area contributed by atoms with Crippen LogP contribution in [-0.2, 0) is 11.4 Å². The van der Waals surface area contributed by atoms with Gasteiger partial charge in [0.2, 0.25) is 0 Å². The van der Waals surface area contributed by atoms with Crippen molar-refractivity contribution in [3.63, 3.8) is 0 Å². The highest BCUT2D eigenvalue weighted by atomic mass is 32.2. The Morgan fingerprint density at radius 2 is 1.90 bits per heavy atom. The van der Waals surface area contributed by atoms with E-state index in [2.05, 4.69) is 13.8 Å². The minimum absolute atomic E-state index is 0.0655. The number of halogens is 1. The van der Waals surface area contributed by atoms with E-state index >= 15 is 0 Å². The van der Waals surface area contributed by atoms with E-state index in [-0.39, 0.29) is 11.7 Å². The van der Waals surface area contributed by atoms with Crippen molar-refractivity contribution in [3.05, 3.63) is 64.3 Å². The van der Waals surface area contributed by atoms with Crippen LogP contribution in [0.15, 0.2) is 47.4 Å². The summed E-state index contributed by atoms with van der Waals surface area (Å²) >= 11 is 6.66. The first kappa shape index (κ1) is 21.3. The van der Waals surface area contributed by atoms with Gasteiger partial charge in [-0.15, -0.1) is 0 Å². The van der Waals surface area contributed by atoms with E-state index in [1.165, 1.54) is 23.9 Å². The number of thiocarbonyl (C=S) groups is 1. The van der Waals surface area contributed by atoms with Gasteiger partial charge in [-0.1, -0.05) is 56.0 Å². The van der Waals surface area contributed by atoms with Crippen LogP contribution in [-0.4, -0.2) is 28.8 Å².